The average Bonchev–Trinajstić information content (AvgIpc) is 2.38. The van der Waals surface area contributed by atoms with Crippen LogP contribution in [-0.4, -0.2) is 12.2 Å². The van der Waals surface area contributed by atoms with E-state index in [-0.39, 0.29) is 0 Å². The maximum absolute atomic E-state index is 10.4. The fourth-order valence-electron chi connectivity index (χ4n) is 1.82. The molecule has 0 bridgehead atoms. The van der Waals surface area contributed by atoms with Gasteiger partial charge in [0.1, 0.15) is 11.9 Å². The van der Waals surface area contributed by atoms with Gasteiger partial charge in [0.2, 0.25) is 0 Å². The molecule has 2 nitrogen and oxygen atoms in total. The molecule has 0 fully saturated rings. The molecule has 2 rings (SSSR count). The Kier molecular flexibility index (Phi) is 4.12. The summed E-state index contributed by atoms with van der Waals surface area (Å²) in [6.07, 6.45) is -0.914. The fraction of sp³-hybridized carbons (Fsp3) is 0.143. The SMILES string of the molecule is COc1ccccc1C(O)c1c(Cl)cccc1Cl. The summed E-state index contributed by atoms with van der Waals surface area (Å²) in [5, 5.41) is 11.3. The molecule has 1 atom stereocenters. The molecule has 0 saturated carbocycles. The van der Waals surface area contributed by atoms with E-state index in [0.29, 0.717) is 26.9 Å². The highest BCUT2D eigenvalue weighted by Crippen LogP contribution is 2.37. The van der Waals surface area contributed by atoms with E-state index in [1.54, 1.807) is 37.4 Å². The van der Waals surface area contributed by atoms with E-state index in [2.05, 4.69) is 0 Å². The van der Waals surface area contributed by atoms with Crippen molar-refractivity contribution in [1.29, 1.82) is 0 Å². The molecule has 2 aromatic carbocycles. The summed E-state index contributed by atoms with van der Waals surface area (Å²) in [5.41, 5.74) is 1.13. The number of rotatable bonds is 3. The Morgan fingerprint density at radius 2 is 1.61 bits per heavy atom. The zero-order valence-corrected chi connectivity index (χ0v) is 11.2. The van der Waals surface area contributed by atoms with E-state index in [1.165, 1.54) is 0 Å². The first-order valence-electron chi connectivity index (χ1n) is 5.40. The first-order valence-corrected chi connectivity index (χ1v) is 6.15. The zero-order chi connectivity index (χ0) is 13.1. The Morgan fingerprint density at radius 3 is 2.22 bits per heavy atom. The number of hydrogen-bond donors (Lipinski definition) is 1. The number of hydrogen-bond acceptors (Lipinski definition) is 2. The lowest BCUT2D eigenvalue weighted by molar-refractivity contribution is 0.215. The Balaban J connectivity index is 2.51. The van der Waals surface area contributed by atoms with Crippen molar-refractivity contribution < 1.29 is 9.84 Å². The predicted molar refractivity (Wildman–Crippen MR) is 73.5 cm³/mol. The van der Waals surface area contributed by atoms with Crippen molar-refractivity contribution in [3.8, 4) is 5.75 Å². The minimum Gasteiger partial charge on any atom is -0.496 e. The average molecular weight is 283 g/mol. The number of methoxy groups -OCH3 is 1. The van der Waals surface area contributed by atoms with Crippen LogP contribution in [0.3, 0.4) is 0 Å². The molecule has 0 aromatic heterocycles. The van der Waals surface area contributed by atoms with Crippen LogP contribution in [0.2, 0.25) is 10.0 Å². The lowest BCUT2D eigenvalue weighted by Gasteiger charge is -2.17. The van der Waals surface area contributed by atoms with Crippen LogP contribution in [0.5, 0.6) is 5.75 Å². The highest BCUT2D eigenvalue weighted by Gasteiger charge is 2.20. The van der Waals surface area contributed by atoms with Crippen molar-refractivity contribution in [1.82, 2.24) is 0 Å². The van der Waals surface area contributed by atoms with Crippen LogP contribution in [0, 0.1) is 0 Å². The van der Waals surface area contributed by atoms with Gasteiger partial charge >= 0.3 is 0 Å². The van der Waals surface area contributed by atoms with E-state index in [0.717, 1.165) is 0 Å². The van der Waals surface area contributed by atoms with Crippen LogP contribution in [0.1, 0.15) is 17.2 Å². The maximum Gasteiger partial charge on any atom is 0.125 e. The lowest BCUT2D eigenvalue weighted by Crippen LogP contribution is -2.03. The normalized spacial score (nSPS) is 12.2. The van der Waals surface area contributed by atoms with E-state index in [4.69, 9.17) is 27.9 Å². The molecule has 94 valence electrons. The van der Waals surface area contributed by atoms with Crippen LogP contribution in [0.25, 0.3) is 0 Å². The molecule has 0 radical (unpaired) electrons. The summed E-state index contributed by atoms with van der Waals surface area (Å²) in [4.78, 5) is 0. The van der Waals surface area contributed by atoms with E-state index >= 15 is 0 Å². The van der Waals surface area contributed by atoms with Crippen LogP contribution in [0.4, 0.5) is 0 Å². The Bertz CT molecular complexity index is 535. The number of aliphatic hydroxyl groups excluding tert-OH is 1. The van der Waals surface area contributed by atoms with Gasteiger partial charge in [0.15, 0.2) is 0 Å². The molecule has 2 aromatic rings. The molecular formula is C14H12Cl2O2. The molecule has 0 spiro atoms. The van der Waals surface area contributed by atoms with Gasteiger partial charge in [-0.05, 0) is 18.2 Å². The third-order valence-electron chi connectivity index (χ3n) is 2.71. The quantitative estimate of drug-likeness (QED) is 0.919. The van der Waals surface area contributed by atoms with Crippen molar-refractivity contribution in [3.05, 3.63) is 63.6 Å². The third-order valence-corrected chi connectivity index (χ3v) is 3.37. The third kappa shape index (κ3) is 2.46. The van der Waals surface area contributed by atoms with Gasteiger partial charge in [0, 0.05) is 21.2 Å². The smallest absolute Gasteiger partial charge is 0.125 e. The highest BCUT2D eigenvalue weighted by atomic mass is 35.5. The molecule has 0 aliphatic rings. The number of benzene rings is 2. The number of para-hydroxylation sites is 1. The molecule has 4 heteroatoms. The number of aliphatic hydroxyl groups is 1. The van der Waals surface area contributed by atoms with Crippen molar-refractivity contribution in [2.75, 3.05) is 7.11 Å². The van der Waals surface area contributed by atoms with Gasteiger partial charge in [-0.25, -0.2) is 0 Å². The van der Waals surface area contributed by atoms with Gasteiger partial charge in [-0.1, -0.05) is 47.5 Å². The van der Waals surface area contributed by atoms with Crippen LogP contribution in [0.15, 0.2) is 42.5 Å². The van der Waals surface area contributed by atoms with E-state index < -0.39 is 6.10 Å². The molecule has 0 heterocycles. The summed E-state index contributed by atoms with van der Waals surface area (Å²) in [6.45, 7) is 0. The predicted octanol–water partition coefficient (Wildman–Crippen LogP) is 4.08. The highest BCUT2D eigenvalue weighted by molar-refractivity contribution is 6.36. The second-order valence-corrected chi connectivity index (χ2v) is 4.59. The molecule has 1 unspecified atom stereocenters. The summed E-state index contributed by atoms with van der Waals surface area (Å²) < 4.78 is 5.22. The molecule has 0 saturated heterocycles. The van der Waals surface area contributed by atoms with Crippen molar-refractivity contribution in [2.24, 2.45) is 0 Å². The zero-order valence-electron chi connectivity index (χ0n) is 9.73. The molecule has 1 N–H and O–H groups in total. The summed E-state index contributed by atoms with van der Waals surface area (Å²) in [6, 6.07) is 12.4. The maximum atomic E-state index is 10.4. The second kappa shape index (κ2) is 5.61. The Morgan fingerprint density at radius 1 is 1.00 bits per heavy atom. The largest absolute Gasteiger partial charge is 0.496 e. The molecule has 0 aliphatic heterocycles. The minimum atomic E-state index is -0.914. The lowest BCUT2D eigenvalue weighted by atomic mass is 10.0. The van der Waals surface area contributed by atoms with E-state index in [9.17, 15) is 5.11 Å². The molecular weight excluding hydrogens is 271 g/mol. The van der Waals surface area contributed by atoms with Crippen molar-refractivity contribution in [2.45, 2.75) is 6.10 Å². The first-order chi connectivity index (χ1) is 8.65. The monoisotopic (exact) mass is 282 g/mol. The summed E-state index contributed by atoms with van der Waals surface area (Å²) in [5.74, 6) is 0.598. The van der Waals surface area contributed by atoms with E-state index in [1.807, 2.05) is 12.1 Å². The number of ether oxygens (including phenoxy) is 1. The standard InChI is InChI=1S/C14H12Cl2O2/c1-18-12-8-3-2-5-9(12)14(17)13-10(15)6-4-7-11(13)16/h2-8,14,17H,1H3. The fourth-order valence-corrected chi connectivity index (χ4v) is 2.42. The first kappa shape index (κ1) is 13.2. The van der Waals surface area contributed by atoms with Crippen LogP contribution in [-0.2, 0) is 0 Å². The minimum absolute atomic E-state index is 0.431. The van der Waals surface area contributed by atoms with Gasteiger partial charge in [0.25, 0.3) is 0 Å². The summed E-state index contributed by atoms with van der Waals surface area (Å²) in [7, 11) is 1.56. The molecule has 0 aliphatic carbocycles. The topological polar surface area (TPSA) is 29.5 Å². The number of halogens is 2. The van der Waals surface area contributed by atoms with Gasteiger partial charge in [-0.15, -0.1) is 0 Å². The van der Waals surface area contributed by atoms with Crippen LogP contribution < -0.4 is 4.74 Å². The van der Waals surface area contributed by atoms with Crippen molar-refractivity contribution in [3.63, 3.8) is 0 Å². The van der Waals surface area contributed by atoms with Gasteiger partial charge < -0.3 is 9.84 Å². The van der Waals surface area contributed by atoms with Crippen LogP contribution >= 0.6 is 23.2 Å². The van der Waals surface area contributed by atoms with Gasteiger partial charge in [-0.2, -0.15) is 0 Å². The Labute approximate surface area is 116 Å². The second-order valence-electron chi connectivity index (χ2n) is 3.78. The van der Waals surface area contributed by atoms with Gasteiger partial charge in [0.05, 0.1) is 7.11 Å². The van der Waals surface area contributed by atoms with Gasteiger partial charge in [-0.3, -0.25) is 0 Å². The van der Waals surface area contributed by atoms with Crippen molar-refractivity contribution >= 4 is 23.2 Å². The Hall–Kier alpha value is -1.22. The summed E-state index contributed by atoms with van der Waals surface area (Å²) >= 11 is 12.2. The molecule has 0 amide bonds. The molecule has 18 heavy (non-hydrogen) atoms.